The zero-order chi connectivity index (χ0) is 24.2. The summed E-state index contributed by atoms with van der Waals surface area (Å²) in [7, 11) is -1.37. The average Bonchev–Trinajstić information content (AvgIpc) is 2.79. The van der Waals surface area contributed by atoms with Gasteiger partial charge in [0, 0.05) is 6.07 Å². The summed E-state index contributed by atoms with van der Waals surface area (Å²) < 4.78 is 76.3. The SMILES string of the molecule is COc1ccc(NC(=O)c2ccccc2NS(=O)(=O)c2ccc(C(F)(F)F)cc2)c(OC)c1. The number of para-hydroxylation sites is 1. The fourth-order valence-corrected chi connectivity index (χ4v) is 3.97. The van der Waals surface area contributed by atoms with Gasteiger partial charge in [-0.05, 0) is 48.5 Å². The van der Waals surface area contributed by atoms with Crippen molar-refractivity contribution in [2.45, 2.75) is 11.1 Å². The molecule has 1 amide bonds. The molecule has 7 nitrogen and oxygen atoms in total. The second kappa shape index (κ2) is 9.41. The zero-order valence-electron chi connectivity index (χ0n) is 17.4. The molecule has 0 saturated heterocycles. The number of halogens is 3. The first-order valence-corrected chi connectivity index (χ1v) is 10.9. The lowest BCUT2D eigenvalue weighted by atomic mass is 10.1. The van der Waals surface area contributed by atoms with Gasteiger partial charge in [-0.1, -0.05) is 12.1 Å². The van der Waals surface area contributed by atoms with Gasteiger partial charge in [-0.3, -0.25) is 9.52 Å². The number of alkyl halides is 3. The van der Waals surface area contributed by atoms with Crippen molar-refractivity contribution in [3.05, 3.63) is 77.9 Å². The van der Waals surface area contributed by atoms with Crippen LogP contribution in [-0.4, -0.2) is 28.5 Å². The van der Waals surface area contributed by atoms with E-state index in [1.807, 2.05) is 0 Å². The molecule has 3 aromatic rings. The van der Waals surface area contributed by atoms with Crippen molar-refractivity contribution in [3.63, 3.8) is 0 Å². The van der Waals surface area contributed by atoms with E-state index < -0.39 is 27.7 Å². The Morgan fingerprint density at radius 1 is 0.879 bits per heavy atom. The van der Waals surface area contributed by atoms with Crippen LogP contribution < -0.4 is 19.5 Å². The molecule has 2 N–H and O–H groups in total. The smallest absolute Gasteiger partial charge is 0.416 e. The summed E-state index contributed by atoms with van der Waals surface area (Å²) in [5.74, 6) is 0.198. The van der Waals surface area contributed by atoms with Crippen LogP contribution in [0.25, 0.3) is 0 Å². The molecule has 0 heterocycles. The molecule has 0 fully saturated rings. The van der Waals surface area contributed by atoms with Gasteiger partial charge in [-0.25, -0.2) is 8.42 Å². The van der Waals surface area contributed by atoms with Gasteiger partial charge in [0.05, 0.1) is 41.6 Å². The van der Waals surface area contributed by atoms with Crippen LogP contribution in [0.5, 0.6) is 11.5 Å². The standard InChI is InChI=1S/C22H19F3N2O5S/c1-31-15-9-12-19(20(13-15)32-2)26-21(28)17-5-3-4-6-18(17)27-33(29,30)16-10-7-14(8-11-16)22(23,24)25/h3-13,27H,1-2H3,(H,26,28). The maximum Gasteiger partial charge on any atom is 0.416 e. The molecular weight excluding hydrogens is 461 g/mol. The number of carbonyl (C=O) groups excluding carboxylic acids is 1. The van der Waals surface area contributed by atoms with Crippen molar-refractivity contribution in [2.75, 3.05) is 24.3 Å². The number of carbonyl (C=O) groups is 1. The number of rotatable bonds is 7. The van der Waals surface area contributed by atoms with Crippen LogP contribution in [0, 0.1) is 0 Å². The van der Waals surface area contributed by atoms with Gasteiger partial charge in [0.15, 0.2) is 0 Å². The first-order valence-electron chi connectivity index (χ1n) is 9.37. The quantitative estimate of drug-likeness (QED) is 0.508. The number of methoxy groups -OCH3 is 2. The fraction of sp³-hybridized carbons (Fsp3) is 0.136. The lowest BCUT2D eigenvalue weighted by Gasteiger charge is -2.15. The summed E-state index contributed by atoms with van der Waals surface area (Å²) in [5, 5.41) is 2.64. The van der Waals surface area contributed by atoms with E-state index >= 15 is 0 Å². The molecule has 0 bridgehead atoms. The van der Waals surface area contributed by atoms with E-state index in [4.69, 9.17) is 9.47 Å². The van der Waals surface area contributed by atoms with Gasteiger partial charge < -0.3 is 14.8 Å². The monoisotopic (exact) mass is 480 g/mol. The predicted octanol–water partition coefficient (Wildman–Crippen LogP) is 4.78. The Morgan fingerprint density at radius 3 is 2.15 bits per heavy atom. The first kappa shape index (κ1) is 23.9. The minimum absolute atomic E-state index is 0.00847. The normalized spacial score (nSPS) is 11.5. The van der Waals surface area contributed by atoms with Gasteiger partial charge in [-0.2, -0.15) is 13.2 Å². The number of hydrogen-bond acceptors (Lipinski definition) is 5. The zero-order valence-corrected chi connectivity index (χ0v) is 18.3. The minimum atomic E-state index is -4.59. The van der Waals surface area contributed by atoms with Crippen LogP contribution >= 0.6 is 0 Å². The summed E-state index contributed by atoms with van der Waals surface area (Å²) >= 11 is 0. The number of amides is 1. The van der Waals surface area contributed by atoms with E-state index in [1.54, 1.807) is 18.2 Å². The Labute approximate surface area is 188 Å². The fourth-order valence-electron chi connectivity index (χ4n) is 2.89. The molecule has 33 heavy (non-hydrogen) atoms. The summed E-state index contributed by atoms with van der Waals surface area (Å²) in [5.41, 5.74) is -0.716. The van der Waals surface area contributed by atoms with Gasteiger partial charge in [0.2, 0.25) is 0 Å². The molecule has 0 saturated carbocycles. The highest BCUT2D eigenvalue weighted by Gasteiger charge is 2.30. The van der Waals surface area contributed by atoms with Crippen LogP contribution in [0.4, 0.5) is 24.5 Å². The van der Waals surface area contributed by atoms with Crippen molar-refractivity contribution in [1.82, 2.24) is 0 Å². The third-order valence-corrected chi connectivity index (χ3v) is 5.95. The highest BCUT2D eigenvalue weighted by atomic mass is 32.2. The van der Waals surface area contributed by atoms with Crippen LogP contribution in [0.15, 0.2) is 71.6 Å². The molecule has 11 heteroatoms. The first-order chi connectivity index (χ1) is 15.5. The van der Waals surface area contributed by atoms with E-state index in [-0.39, 0.29) is 16.1 Å². The second-order valence-electron chi connectivity index (χ2n) is 6.69. The van der Waals surface area contributed by atoms with E-state index in [0.29, 0.717) is 29.3 Å². The van der Waals surface area contributed by atoms with Crippen molar-refractivity contribution < 1.29 is 35.9 Å². The highest BCUT2D eigenvalue weighted by molar-refractivity contribution is 7.92. The van der Waals surface area contributed by atoms with Crippen LogP contribution in [0.2, 0.25) is 0 Å². The molecule has 0 aromatic heterocycles. The van der Waals surface area contributed by atoms with Gasteiger partial charge in [-0.15, -0.1) is 0 Å². The molecule has 0 atom stereocenters. The molecule has 3 rings (SSSR count). The third kappa shape index (κ3) is 5.55. The topological polar surface area (TPSA) is 93.7 Å². The molecule has 0 radical (unpaired) electrons. The predicted molar refractivity (Wildman–Crippen MR) is 116 cm³/mol. The molecule has 0 unspecified atom stereocenters. The second-order valence-corrected chi connectivity index (χ2v) is 8.38. The Kier molecular flexibility index (Phi) is 6.82. The molecular formula is C22H19F3N2O5S. The van der Waals surface area contributed by atoms with E-state index in [2.05, 4.69) is 10.0 Å². The van der Waals surface area contributed by atoms with Gasteiger partial charge >= 0.3 is 6.18 Å². The van der Waals surface area contributed by atoms with Gasteiger partial charge in [0.25, 0.3) is 15.9 Å². The summed E-state index contributed by atoms with van der Waals surface area (Å²) in [6.07, 6.45) is -4.59. The highest BCUT2D eigenvalue weighted by Crippen LogP contribution is 2.31. The lowest BCUT2D eigenvalue weighted by Crippen LogP contribution is -2.19. The number of hydrogen-bond donors (Lipinski definition) is 2. The van der Waals surface area contributed by atoms with Crippen LogP contribution in [-0.2, 0) is 16.2 Å². The van der Waals surface area contributed by atoms with E-state index in [1.165, 1.54) is 38.5 Å². The van der Waals surface area contributed by atoms with Crippen LogP contribution in [0.3, 0.4) is 0 Å². The van der Waals surface area contributed by atoms with E-state index in [0.717, 1.165) is 12.1 Å². The van der Waals surface area contributed by atoms with Crippen LogP contribution in [0.1, 0.15) is 15.9 Å². The molecule has 0 aliphatic carbocycles. The Balaban J connectivity index is 1.86. The number of nitrogens with one attached hydrogen (secondary N) is 2. The Morgan fingerprint density at radius 2 is 1.55 bits per heavy atom. The van der Waals surface area contributed by atoms with Crippen molar-refractivity contribution in [3.8, 4) is 11.5 Å². The van der Waals surface area contributed by atoms with Crippen molar-refractivity contribution in [1.29, 1.82) is 0 Å². The third-order valence-electron chi connectivity index (χ3n) is 4.56. The van der Waals surface area contributed by atoms with Crippen molar-refractivity contribution in [2.24, 2.45) is 0 Å². The van der Waals surface area contributed by atoms with Gasteiger partial charge in [0.1, 0.15) is 11.5 Å². The molecule has 0 aliphatic rings. The Hall–Kier alpha value is -3.73. The molecule has 174 valence electrons. The Bertz CT molecular complexity index is 1260. The number of sulfonamides is 1. The minimum Gasteiger partial charge on any atom is -0.497 e. The van der Waals surface area contributed by atoms with Crippen molar-refractivity contribution >= 4 is 27.3 Å². The lowest BCUT2D eigenvalue weighted by molar-refractivity contribution is -0.137. The maximum absolute atomic E-state index is 12.9. The summed E-state index contributed by atoms with van der Waals surface area (Å²) in [4.78, 5) is 12.5. The number of anilines is 2. The number of benzene rings is 3. The molecule has 0 spiro atoms. The number of ether oxygens (including phenoxy) is 2. The maximum atomic E-state index is 12.9. The largest absolute Gasteiger partial charge is 0.497 e. The van der Waals surface area contributed by atoms with E-state index in [9.17, 15) is 26.4 Å². The molecule has 3 aromatic carbocycles. The average molecular weight is 480 g/mol. The summed E-state index contributed by atoms with van der Waals surface area (Å²) in [6, 6.07) is 13.6. The molecule has 0 aliphatic heterocycles. The summed E-state index contributed by atoms with van der Waals surface area (Å²) in [6.45, 7) is 0.